The summed E-state index contributed by atoms with van der Waals surface area (Å²) in [5.74, 6) is -1.41. The summed E-state index contributed by atoms with van der Waals surface area (Å²) in [7, 11) is 0. The summed E-state index contributed by atoms with van der Waals surface area (Å²) in [5, 5.41) is 15.9. The van der Waals surface area contributed by atoms with E-state index in [0.29, 0.717) is 11.1 Å². The van der Waals surface area contributed by atoms with Crippen molar-refractivity contribution in [3.63, 3.8) is 0 Å². The first-order valence-electron chi connectivity index (χ1n) is 5.58. The average molecular weight is 274 g/mol. The molecule has 0 radical (unpaired) electrons. The molecule has 2 aliphatic carbocycles. The maximum atomic E-state index is 10.6. The van der Waals surface area contributed by atoms with E-state index in [2.05, 4.69) is 9.78 Å². The highest BCUT2D eigenvalue weighted by Crippen LogP contribution is 2.36. The topological polar surface area (TPSA) is 93.1 Å². The van der Waals surface area contributed by atoms with Gasteiger partial charge < -0.3 is 0 Å². The number of carbonyl (C=O) groups excluding carboxylic acids is 2. The highest BCUT2D eigenvalue weighted by molar-refractivity contribution is 6.04. The van der Waals surface area contributed by atoms with Gasteiger partial charge in [-0.1, -0.05) is 30.3 Å². The molecule has 0 saturated heterocycles. The molecule has 0 aromatic heterocycles. The van der Waals surface area contributed by atoms with E-state index in [4.69, 9.17) is 10.5 Å². The van der Waals surface area contributed by atoms with Gasteiger partial charge in [-0.05, 0) is 29.3 Å². The molecule has 0 amide bonds. The van der Waals surface area contributed by atoms with Gasteiger partial charge >= 0.3 is 11.9 Å². The molecule has 0 saturated carbocycles. The van der Waals surface area contributed by atoms with Gasteiger partial charge in [0.25, 0.3) is 0 Å². The number of fused-ring (bicyclic) bond motifs is 1. The Morgan fingerprint density at radius 2 is 1.50 bits per heavy atom. The first-order valence-corrected chi connectivity index (χ1v) is 5.58. The lowest BCUT2D eigenvalue weighted by Crippen LogP contribution is -2.09. The van der Waals surface area contributed by atoms with E-state index in [9.17, 15) is 9.59 Å². The van der Waals surface area contributed by atoms with Crippen molar-refractivity contribution in [1.29, 1.82) is 0 Å². The molecule has 0 unspecified atom stereocenters. The lowest BCUT2D eigenvalue weighted by molar-refractivity contribution is -0.182. The summed E-state index contributed by atoms with van der Waals surface area (Å²) in [4.78, 5) is 28.1. The van der Waals surface area contributed by atoms with Crippen LogP contribution in [0.15, 0.2) is 48.5 Å². The predicted octanol–water partition coefficient (Wildman–Crippen LogP) is 2.61. The van der Waals surface area contributed by atoms with Gasteiger partial charge in [-0.2, -0.15) is 10.5 Å². The molecule has 1 aromatic carbocycles. The quantitative estimate of drug-likeness (QED) is 0.551. The zero-order valence-corrected chi connectivity index (χ0v) is 10.1. The Morgan fingerprint density at radius 3 is 1.90 bits per heavy atom. The monoisotopic (exact) mass is 274 g/mol. The van der Waals surface area contributed by atoms with E-state index >= 15 is 0 Å². The molecule has 1 aromatic rings. The van der Waals surface area contributed by atoms with Crippen molar-refractivity contribution in [3.05, 3.63) is 59.7 Å². The SMILES string of the molecule is O=C(OO)c1cc2ccc1-2.O=C(OO)c1ccccc1. The maximum absolute atomic E-state index is 10.6. The number of rotatable bonds is 2. The van der Waals surface area contributed by atoms with Crippen molar-refractivity contribution in [3.8, 4) is 11.1 Å². The normalized spacial score (nSPS) is 9.90. The van der Waals surface area contributed by atoms with Crippen LogP contribution in [0.5, 0.6) is 0 Å². The largest absolute Gasteiger partial charge is 0.373 e. The summed E-state index contributed by atoms with van der Waals surface area (Å²) < 4.78 is 0. The number of hydrogen-bond acceptors (Lipinski definition) is 6. The van der Waals surface area contributed by atoms with Gasteiger partial charge in [0.1, 0.15) is 0 Å². The van der Waals surface area contributed by atoms with E-state index in [1.165, 1.54) is 0 Å². The van der Waals surface area contributed by atoms with Crippen LogP contribution in [0.1, 0.15) is 20.7 Å². The molecule has 3 rings (SSSR count). The third kappa shape index (κ3) is 2.66. The van der Waals surface area contributed by atoms with Crippen molar-refractivity contribution in [2.75, 3.05) is 0 Å². The van der Waals surface area contributed by atoms with Crippen LogP contribution in [-0.4, -0.2) is 22.5 Å². The molecule has 2 N–H and O–H groups in total. The average Bonchev–Trinajstić information content (AvgIpc) is 2.50. The summed E-state index contributed by atoms with van der Waals surface area (Å²) in [6, 6.07) is 13.6. The van der Waals surface area contributed by atoms with Gasteiger partial charge in [0, 0.05) is 0 Å². The van der Waals surface area contributed by atoms with Crippen molar-refractivity contribution < 1.29 is 29.9 Å². The fraction of sp³-hybridized carbons (Fsp3) is 0. The Kier molecular flexibility index (Phi) is 4.09. The lowest BCUT2D eigenvalue weighted by atomic mass is 9.87. The van der Waals surface area contributed by atoms with Crippen LogP contribution in [0.4, 0.5) is 0 Å². The Labute approximate surface area is 113 Å². The van der Waals surface area contributed by atoms with Crippen LogP contribution in [0.3, 0.4) is 0 Å². The highest BCUT2D eigenvalue weighted by atomic mass is 17.1. The molecule has 0 aliphatic heterocycles. The molecule has 0 bridgehead atoms. The summed E-state index contributed by atoms with van der Waals surface area (Å²) in [6.45, 7) is 0. The summed E-state index contributed by atoms with van der Waals surface area (Å²) in [5.41, 5.74) is 2.74. The van der Waals surface area contributed by atoms with E-state index in [-0.39, 0.29) is 0 Å². The highest BCUT2D eigenvalue weighted by Gasteiger charge is 2.23. The molecule has 0 heterocycles. The van der Waals surface area contributed by atoms with Crippen molar-refractivity contribution >= 4 is 11.9 Å². The van der Waals surface area contributed by atoms with Crippen molar-refractivity contribution in [2.45, 2.75) is 0 Å². The second kappa shape index (κ2) is 5.96. The van der Waals surface area contributed by atoms with Crippen LogP contribution in [0.25, 0.3) is 11.1 Å². The van der Waals surface area contributed by atoms with Gasteiger partial charge in [0.05, 0.1) is 11.1 Å². The van der Waals surface area contributed by atoms with Gasteiger partial charge in [-0.25, -0.2) is 9.59 Å². The number of benzene rings is 2. The smallest absolute Gasteiger partial charge is 0.296 e. The third-order valence-corrected chi connectivity index (χ3v) is 2.73. The minimum Gasteiger partial charge on any atom is -0.296 e. The molecule has 0 atom stereocenters. The molecule has 102 valence electrons. The van der Waals surface area contributed by atoms with E-state index in [1.807, 2.05) is 12.1 Å². The van der Waals surface area contributed by atoms with Crippen LogP contribution in [0, 0.1) is 0 Å². The minimum atomic E-state index is -0.736. The minimum absolute atomic E-state index is 0.338. The Hall–Kier alpha value is -2.70. The Bertz CT molecular complexity index is 615. The summed E-state index contributed by atoms with van der Waals surface area (Å²) >= 11 is 0. The van der Waals surface area contributed by atoms with Crippen LogP contribution >= 0.6 is 0 Å². The second-order valence-corrected chi connectivity index (χ2v) is 3.88. The number of carbonyl (C=O) groups is 2. The molecule has 2 aliphatic rings. The van der Waals surface area contributed by atoms with Crippen molar-refractivity contribution in [2.24, 2.45) is 0 Å². The molecular weight excluding hydrogens is 264 g/mol. The molecule has 6 heteroatoms. The van der Waals surface area contributed by atoms with Crippen LogP contribution in [-0.2, 0) is 9.78 Å². The maximum Gasteiger partial charge on any atom is 0.373 e. The fourth-order valence-electron chi connectivity index (χ4n) is 1.63. The summed E-state index contributed by atoms with van der Waals surface area (Å²) in [6.07, 6.45) is 0. The lowest BCUT2D eigenvalue weighted by Gasteiger charge is -2.17. The standard InChI is InChI=1S/C7H4O3.C7H6O3/c8-7(10-9)6-3-4-1-2-5(4)6;8-7(10-9)6-4-2-1-3-5-6/h1-3,9H;1-5,9H. The fourth-order valence-corrected chi connectivity index (χ4v) is 1.63. The zero-order valence-electron chi connectivity index (χ0n) is 10.1. The van der Waals surface area contributed by atoms with Gasteiger partial charge in [-0.15, -0.1) is 0 Å². The van der Waals surface area contributed by atoms with Gasteiger partial charge in [0.2, 0.25) is 0 Å². The van der Waals surface area contributed by atoms with E-state index < -0.39 is 11.9 Å². The van der Waals surface area contributed by atoms with E-state index in [1.54, 1.807) is 36.4 Å². The first kappa shape index (κ1) is 13.7. The van der Waals surface area contributed by atoms with Gasteiger partial charge in [0.15, 0.2) is 0 Å². The Morgan fingerprint density at radius 1 is 0.850 bits per heavy atom. The first-order chi connectivity index (χ1) is 9.67. The Balaban J connectivity index is 0.000000147. The molecule has 6 nitrogen and oxygen atoms in total. The third-order valence-electron chi connectivity index (χ3n) is 2.73. The van der Waals surface area contributed by atoms with Crippen LogP contribution in [0.2, 0.25) is 0 Å². The second-order valence-electron chi connectivity index (χ2n) is 3.88. The van der Waals surface area contributed by atoms with E-state index in [0.717, 1.165) is 11.1 Å². The van der Waals surface area contributed by atoms with Crippen molar-refractivity contribution in [1.82, 2.24) is 0 Å². The van der Waals surface area contributed by atoms with Crippen LogP contribution < -0.4 is 0 Å². The van der Waals surface area contributed by atoms with Gasteiger partial charge in [-0.3, -0.25) is 9.78 Å². The molecule has 0 fully saturated rings. The number of hydrogen-bond donors (Lipinski definition) is 2. The molecule has 20 heavy (non-hydrogen) atoms. The zero-order chi connectivity index (χ0) is 14.5. The predicted molar refractivity (Wildman–Crippen MR) is 68.0 cm³/mol. The molecular formula is C14H10O6. The molecule has 0 spiro atoms.